The molecule has 0 radical (unpaired) electrons. The molecular formula is C19H23N3O5. The highest BCUT2D eigenvalue weighted by Gasteiger charge is 2.16. The third kappa shape index (κ3) is 5.60. The first kappa shape index (κ1) is 20.0. The van der Waals surface area contributed by atoms with E-state index in [9.17, 15) is 14.4 Å². The standard InChI is InChI=1S/C19H23N3O5/c1-4-26-15-8-7-14(10-16(15)27-5-2)21-18(24)12-22(3)19(25)13-6-9-17(23)20-11-13/h6-11H,4-5,12H2,1-3H3,(H,20,23)(H,21,24). The van der Waals surface area contributed by atoms with Crippen LogP contribution in [0.2, 0.25) is 0 Å². The van der Waals surface area contributed by atoms with Crippen molar-refractivity contribution in [1.82, 2.24) is 9.88 Å². The van der Waals surface area contributed by atoms with E-state index in [4.69, 9.17) is 9.47 Å². The first-order valence-corrected chi connectivity index (χ1v) is 8.58. The number of hydrogen-bond acceptors (Lipinski definition) is 5. The zero-order valence-electron chi connectivity index (χ0n) is 15.6. The number of amides is 2. The highest BCUT2D eigenvalue weighted by Crippen LogP contribution is 2.30. The zero-order chi connectivity index (χ0) is 19.8. The molecule has 0 aliphatic rings. The van der Waals surface area contributed by atoms with Gasteiger partial charge in [0.2, 0.25) is 11.5 Å². The molecule has 2 amide bonds. The molecule has 0 atom stereocenters. The van der Waals surface area contributed by atoms with Crippen LogP contribution in [0.15, 0.2) is 41.3 Å². The largest absolute Gasteiger partial charge is 0.490 e. The predicted molar refractivity (Wildman–Crippen MR) is 101 cm³/mol. The van der Waals surface area contributed by atoms with Crippen LogP contribution in [-0.2, 0) is 4.79 Å². The van der Waals surface area contributed by atoms with Crippen LogP contribution in [0.4, 0.5) is 5.69 Å². The number of likely N-dealkylation sites (N-methyl/N-ethyl adjacent to an activating group) is 1. The molecule has 0 saturated heterocycles. The summed E-state index contributed by atoms with van der Waals surface area (Å²) in [6, 6.07) is 7.78. The molecule has 1 heterocycles. The summed E-state index contributed by atoms with van der Waals surface area (Å²) in [6.07, 6.45) is 1.32. The van der Waals surface area contributed by atoms with Gasteiger partial charge in [-0.3, -0.25) is 14.4 Å². The van der Waals surface area contributed by atoms with Crippen LogP contribution in [0.1, 0.15) is 24.2 Å². The van der Waals surface area contributed by atoms with Crippen molar-refractivity contribution in [2.45, 2.75) is 13.8 Å². The van der Waals surface area contributed by atoms with E-state index in [-0.39, 0.29) is 23.9 Å². The summed E-state index contributed by atoms with van der Waals surface area (Å²) >= 11 is 0. The van der Waals surface area contributed by atoms with Gasteiger partial charge in [-0.25, -0.2) is 0 Å². The van der Waals surface area contributed by atoms with Crippen molar-refractivity contribution in [3.05, 3.63) is 52.4 Å². The summed E-state index contributed by atoms with van der Waals surface area (Å²) in [5, 5.41) is 2.73. The number of benzene rings is 1. The van der Waals surface area contributed by atoms with Crippen molar-refractivity contribution in [2.24, 2.45) is 0 Å². The van der Waals surface area contributed by atoms with E-state index >= 15 is 0 Å². The van der Waals surface area contributed by atoms with Crippen molar-refractivity contribution in [3.63, 3.8) is 0 Å². The molecule has 8 nitrogen and oxygen atoms in total. The van der Waals surface area contributed by atoms with Crippen LogP contribution in [0.3, 0.4) is 0 Å². The highest BCUT2D eigenvalue weighted by molar-refractivity contribution is 5.99. The number of aromatic amines is 1. The number of carbonyl (C=O) groups excluding carboxylic acids is 2. The summed E-state index contributed by atoms with van der Waals surface area (Å²) in [5.74, 6) is 0.405. The third-order valence-electron chi connectivity index (χ3n) is 3.59. The second kappa shape index (κ2) is 9.42. The maximum absolute atomic E-state index is 12.3. The quantitative estimate of drug-likeness (QED) is 0.736. The van der Waals surface area contributed by atoms with E-state index in [1.807, 2.05) is 13.8 Å². The lowest BCUT2D eigenvalue weighted by atomic mass is 10.2. The number of nitrogens with one attached hydrogen (secondary N) is 2. The normalized spacial score (nSPS) is 10.2. The van der Waals surface area contributed by atoms with E-state index in [0.29, 0.717) is 36.0 Å². The Bertz CT molecular complexity index is 842. The molecule has 27 heavy (non-hydrogen) atoms. The van der Waals surface area contributed by atoms with Crippen LogP contribution >= 0.6 is 0 Å². The average Bonchev–Trinajstić information content (AvgIpc) is 2.64. The number of rotatable bonds is 8. The molecule has 2 N–H and O–H groups in total. The summed E-state index contributed by atoms with van der Waals surface area (Å²) in [4.78, 5) is 39.3. The Morgan fingerprint density at radius 1 is 1.07 bits per heavy atom. The van der Waals surface area contributed by atoms with Crippen LogP contribution < -0.4 is 20.3 Å². The van der Waals surface area contributed by atoms with E-state index in [1.54, 1.807) is 18.2 Å². The van der Waals surface area contributed by atoms with Gasteiger partial charge in [0.05, 0.1) is 25.3 Å². The number of anilines is 1. The number of pyridine rings is 1. The topological polar surface area (TPSA) is 101 Å². The van der Waals surface area contributed by atoms with Crippen LogP contribution in [0, 0.1) is 0 Å². The Hall–Kier alpha value is -3.29. The minimum absolute atomic E-state index is 0.144. The number of nitrogens with zero attached hydrogens (tertiary/aromatic N) is 1. The van der Waals surface area contributed by atoms with Crippen LogP contribution in [0.25, 0.3) is 0 Å². The van der Waals surface area contributed by atoms with E-state index in [1.165, 1.54) is 30.3 Å². The molecule has 2 rings (SSSR count). The van der Waals surface area contributed by atoms with Crippen LogP contribution in [-0.4, -0.2) is 48.5 Å². The molecule has 0 unspecified atom stereocenters. The molecule has 0 aliphatic carbocycles. The van der Waals surface area contributed by atoms with Gasteiger partial charge in [-0.2, -0.15) is 0 Å². The Morgan fingerprint density at radius 3 is 2.41 bits per heavy atom. The van der Waals surface area contributed by atoms with Crippen molar-refractivity contribution >= 4 is 17.5 Å². The minimum Gasteiger partial charge on any atom is -0.490 e. The Morgan fingerprint density at radius 2 is 1.78 bits per heavy atom. The van der Waals surface area contributed by atoms with Gasteiger partial charge in [-0.05, 0) is 32.0 Å². The molecule has 0 fully saturated rings. The highest BCUT2D eigenvalue weighted by atomic mass is 16.5. The van der Waals surface area contributed by atoms with Crippen molar-refractivity contribution in [1.29, 1.82) is 0 Å². The van der Waals surface area contributed by atoms with Gasteiger partial charge >= 0.3 is 0 Å². The summed E-state index contributed by atoms with van der Waals surface area (Å²) in [6.45, 7) is 4.56. The molecule has 0 bridgehead atoms. The van der Waals surface area contributed by atoms with E-state index in [0.717, 1.165) is 0 Å². The summed E-state index contributed by atoms with van der Waals surface area (Å²) in [7, 11) is 1.51. The summed E-state index contributed by atoms with van der Waals surface area (Å²) in [5.41, 5.74) is 0.536. The first-order chi connectivity index (χ1) is 12.9. The fourth-order valence-corrected chi connectivity index (χ4v) is 2.38. The lowest BCUT2D eigenvalue weighted by Gasteiger charge is -2.17. The third-order valence-corrected chi connectivity index (χ3v) is 3.59. The van der Waals surface area contributed by atoms with Crippen molar-refractivity contribution in [2.75, 3.05) is 32.1 Å². The Kier molecular flexibility index (Phi) is 6.99. The van der Waals surface area contributed by atoms with Crippen molar-refractivity contribution < 1.29 is 19.1 Å². The molecule has 1 aromatic carbocycles. The second-order valence-electron chi connectivity index (χ2n) is 5.68. The number of H-pyrrole nitrogens is 1. The minimum atomic E-state index is -0.372. The zero-order valence-corrected chi connectivity index (χ0v) is 15.6. The van der Waals surface area contributed by atoms with E-state index in [2.05, 4.69) is 10.3 Å². The molecular weight excluding hydrogens is 350 g/mol. The maximum Gasteiger partial charge on any atom is 0.255 e. The molecule has 8 heteroatoms. The molecule has 0 aliphatic heterocycles. The molecule has 0 saturated carbocycles. The molecule has 144 valence electrons. The van der Waals surface area contributed by atoms with Gasteiger partial charge in [0.25, 0.3) is 5.91 Å². The first-order valence-electron chi connectivity index (χ1n) is 8.58. The van der Waals surface area contributed by atoms with Gasteiger partial charge in [-0.15, -0.1) is 0 Å². The van der Waals surface area contributed by atoms with Gasteiger partial charge in [0.1, 0.15) is 0 Å². The van der Waals surface area contributed by atoms with Crippen LogP contribution in [0.5, 0.6) is 11.5 Å². The lowest BCUT2D eigenvalue weighted by molar-refractivity contribution is -0.116. The van der Waals surface area contributed by atoms with Gasteiger partial charge in [0, 0.05) is 31.1 Å². The smallest absolute Gasteiger partial charge is 0.255 e. The average molecular weight is 373 g/mol. The monoisotopic (exact) mass is 373 g/mol. The van der Waals surface area contributed by atoms with Gasteiger partial charge < -0.3 is 24.7 Å². The van der Waals surface area contributed by atoms with Gasteiger partial charge in [0.15, 0.2) is 11.5 Å². The second-order valence-corrected chi connectivity index (χ2v) is 5.68. The Balaban J connectivity index is 2.01. The SMILES string of the molecule is CCOc1ccc(NC(=O)CN(C)C(=O)c2ccc(=O)[nH]c2)cc1OCC. The molecule has 0 spiro atoms. The van der Waals surface area contributed by atoms with Crippen molar-refractivity contribution in [3.8, 4) is 11.5 Å². The predicted octanol–water partition coefficient (Wildman–Crippen LogP) is 1.88. The summed E-state index contributed by atoms with van der Waals surface area (Å²) < 4.78 is 11.0. The number of carbonyl (C=O) groups is 2. The maximum atomic E-state index is 12.3. The van der Waals surface area contributed by atoms with Gasteiger partial charge in [-0.1, -0.05) is 0 Å². The number of ether oxygens (including phenoxy) is 2. The molecule has 2 aromatic rings. The van der Waals surface area contributed by atoms with E-state index < -0.39 is 0 Å². The number of hydrogen-bond donors (Lipinski definition) is 2. The Labute approximate surface area is 157 Å². The number of aromatic nitrogens is 1. The fourth-order valence-electron chi connectivity index (χ4n) is 2.38. The lowest BCUT2D eigenvalue weighted by Crippen LogP contribution is -2.35. The fraction of sp³-hybridized carbons (Fsp3) is 0.316. The molecule has 1 aromatic heterocycles.